The summed E-state index contributed by atoms with van der Waals surface area (Å²) in [6.45, 7) is 1.37. The predicted molar refractivity (Wildman–Crippen MR) is 71.6 cm³/mol. The van der Waals surface area contributed by atoms with Gasteiger partial charge < -0.3 is 10.4 Å². The van der Waals surface area contributed by atoms with Gasteiger partial charge in [0.1, 0.15) is 5.75 Å². The van der Waals surface area contributed by atoms with Crippen LogP contribution in [-0.2, 0) is 13.1 Å². The van der Waals surface area contributed by atoms with Gasteiger partial charge in [-0.05, 0) is 29.8 Å². The van der Waals surface area contributed by atoms with Gasteiger partial charge in [-0.15, -0.1) is 10.2 Å². The molecule has 2 aromatic heterocycles. The van der Waals surface area contributed by atoms with Crippen LogP contribution >= 0.6 is 0 Å². The molecule has 96 valence electrons. The van der Waals surface area contributed by atoms with Gasteiger partial charge in [-0.25, -0.2) is 0 Å². The number of rotatable bonds is 4. The van der Waals surface area contributed by atoms with Crippen LogP contribution in [0.5, 0.6) is 5.75 Å². The fourth-order valence-electron chi connectivity index (χ4n) is 1.94. The molecule has 0 fully saturated rings. The molecule has 0 saturated carbocycles. The summed E-state index contributed by atoms with van der Waals surface area (Å²) < 4.78 is 1.96. The molecule has 5 nitrogen and oxygen atoms in total. The minimum Gasteiger partial charge on any atom is -0.508 e. The summed E-state index contributed by atoms with van der Waals surface area (Å²) in [5.41, 5.74) is 1.97. The van der Waals surface area contributed by atoms with Crippen LogP contribution in [0.2, 0.25) is 0 Å². The molecule has 3 aromatic rings. The van der Waals surface area contributed by atoms with Gasteiger partial charge in [0.2, 0.25) is 0 Å². The minimum absolute atomic E-state index is 0.284. The van der Waals surface area contributed by atoms with Crippen molar-refractivity contribution >= 4 is 5.65 Å². The molecule has 5 heteroatoms. The number of nitrogens with zero attached hydrogens (tertiary/aromatic N) is 3. The van der Waals surface area contributed by atoms with E-state index in [-0.39, 0.29) is 5.75 Å². The molecule has 0 saturated heterocycles. The lowest BCUT2D eigenvalue weighted by molar-refractivity contribution is 0.475. The molecule has 0 amide bonds. The van der Waals surface area contributed by atoms with Crippen molar-refractivity contribution in [2.45, 2.75) is 13.1 Å². The number of aromatic hydroxyl groups is 1. The second-order valence-corrected chi connectivity index (χ2v) is 4.32. The maximum Gasteiger partial charge on any atom is 0.160 e. The largest absolute Gasteiger partial charge is 0.508 e. The summed E-state index contributed by atoms with van der Waals surface area (Å²) in [4.78, 5) is 0. The lowest BCUT2D eigenvalue weighted by Crippen LogP contribution is -2.14. The van der Waals surface area contributed by atoms with Gasteiger partial charge >= 0.3 is 0 Å². The maximum absolute atomic E-state index is 9.21. The van der Waals surface area contributed by atoms with Crippen molar-refractivity contribution in [3.05, 3.63) is 60.0 Å². The van der Waals surface area contributed by atoms with Crippen molar-refractivity contribution in [2.24, 2.45) is 0 Å². The third-order valence-electron chi connectivity index (χ3n) is 2.93. The van der Waals surface area contributed by atoms with Crippen molar-refractivity contribution in [2.75, 3.05) is 0 Å². The van der Waals surface area contributed by atoms with Crippen LogP contribution in [0, 0.1) is 0 Å². The van der Waals surface area contributed by atoms with E-state index in [9.17, 15) is 5.11 Å². The Morgan fingerprint density at radius 2 is 1.84 bits per heavy atom. The highest BCUT2D eigenvalue weighted by Gasteiger charge is 2.03. The number of hydrogen-bond acceptors (Lipinski definition) is 4. The molecule has 0 aliphatic heterocycles. The van der Waals surface area contributed by atoms with Crippen molar-refractivity contribution in [3.8, 4) is 5.75 Å². The molecule has 1 aromatic carbocycles. The third-order valence-corrected chi connectivity index (χ3v) is 2.93. The zero-order chi connectivity index (χ0) is 13.1. The molecule has 2 N–H and O–H groups in total. The topological polar surface area (TPSA) is 62.5 Å². The number of hydrogen-bond donors (Lipinski definition) is 2. The minimum atomic E-state index is 0.284. The second-order valence-electron chi connectivity index (χ2n) is 4.32. The number of phenolic OH excluding ortho intramolecular Hbond substituents is 1. The van der Waals surface area contributed by atoms with E-state index >= 15 is 0 Å². The Morgan fingerprint density at radius 1 is 1.00 bits per heavy atom. The summed E-state index contributed by atoms with van der Waals surface area (Å²) in [5.74, 6) is 1.17. The van der Waals surface area contributed by atoms with Crippen molar-refractivity contribution < 1.29 is 5.11 Å². The van der Waals surface area contributed by atoms with E-state index in [1.807, 2.05) is 40.9 Å². The average molecular weight is 254 g/mol. The summed E-state index contributed by atoms with van der Waals surface area (Å²) in [5, 5.41) is 20.8. The Morgan fingerprint density at radius 3 is 2.68 bits per heavy atom. The maximum atomic E-state index is 9.21. The molecule has 0 atom stereocenters. The van der Waals surface area contributed by atoms with Crippen LogP contribution in [0.15, 0.2) is 48.7 Å². The van der Waals surface area contributed by atoms with Gasteiger partial charge in [-0.3, -0.25) is 4.40 Å². The quantitative estimate of drug-likeness (QED) is 0.744. The second kappa shape index (κ2) is 5.07. The highest BCUT2D eigenvalue weighted by Crippen LogP contribution is 2.09. The summed E-state index contributed by atoms with van der Waals surface area (Å²) >= 11 is 0. The summed E-state index contributed by atoms with van der Waals surface area (Å²) in [6, 6.07) is 13.0. The lowest BCUT2D eigenvalue weighted by Gasteiger charge is -2.04. The van der Waals surface area contributed by atoms with E-state index in [0.29, 0.717) is 6.54 Å². The van der Waals surface area contributed by atoms with Gasteiger partial charge in [0, 0.05) is 12.7 Å². The first kappa shape index (κ1) is 11.7. The van der Waals surface area contributed by atoms with Gasteiger partial charge in [0.15, 0.2) is 11.5 Å². The average Bonchev–Trinajstić information content (AvgIpc) is 2.85. The molecule has 0 radical (unpaired) electrons. The number of pyridine rings is 1. The Labute approximate surface area is 110 Å². The van der Waals surface area contributed by atoms with Gasteiger partial charge in [0.05, 0.1) is 6.54 Å². The molecular weight excluding hydrogens is 240 g/mol. The van der Waals surface area contributed by atoms with E-state index in [4.69, 9.17) is 0 Å². The Balaban J connectivity index is 1.65. The molecule has 0 aliphatic carbocycles. The molecule has 0 unspecified atom stereocenters. The first-order valence-corrected chi connectivity index (χ1v) is 6.10. The van der Waals surface area contributed by atoms with Crippen LogP contribution in [0.25, 0.3) is 5.65 Å². The summed E-state index contributed by atoms with van der Waals surface area (Å²) in [7, 11) is 0. The number of aromatic nitrogens is 3. The fraction of sp³-hybridized carbons (Fsp3) is 0.143. The highest BCUT2D eigenvalue weighted by molar-refractivity contribution is 5.37. The predicted octanol–water partition coefficient (Wildman–Crippen LogP) is 1.72. The van der Waals surface area contributed by atoms with E-state index in [2.05, 4.69) is 15.5 Å². The summed E-state index contributed by atoms with van der Waals surface area (Å²) in [6.07, 6.45) is 1.95. The van der Waals surface area contributed by atoms with Crippen molar-refractivity contribution in [1.82, 2.24) is 19.9 Å². The normalized spacial score (nSPS) is 10.9. The first-order chi connectivity index (χ1) is 9.33. The number of benzene rings is 1. The molecule has 3 rings (SSSR count). The molecule has 0 bridgehead atoms. The third kappa shape index (κ3) is 2.56. The number of nitrogens with one attached hydrogen (secondary N) is 1. The van der Waals surface area contributed by atoms with E-state index in [0.717, 1.165) is 23.6 Å². The SMILES string of the molecule is Oc1ccc(CNCc2nnc3ccccn23)cc1. The van der Waals surface area contributed by atoms with Crippen LogP contribution < -0.4 is 5.32 Å². The molecule has 2 heterocycles. The monoisotopic (exact) mass is 254 g/mol. The first-order valence-electron chi connectivity index (χ1n) is 6.10. The van der Waals surface area contributed by atoms with E-state index in [1.165, 1.54) is 0 Å². The fourth-order valence-corrected chi connectivity index (χ4v) is 1.94. The smallest absolute Gasteiger partial charge is 0.160 e. The molecule has 0 aliphatic rings. The number of fused-ring (bicyclic) bond motifs is 1. The zero-order valence-corrected chi connectivity index (χ0v) is 10.3. The Hall–Kier alpha value is -2.40. The van der Waals surface area contributed by atoms with E-state index < -0.39 is 0 Å². The van der Waals surface area contributed by atoms with Gasteiger partial charge in [-0.2, -0.15) is 0 Å². The Kier molecular flexibility index (Phi) is 3.12. The van der Waals surface area contributed by atoms with Gasteiger partial charge in [-0.1, -0.05) is 18.2 Å². The van der Waals surface area contributed by atoms with Crippen LogP contribution in [0.4, 0.5) is 0 Å². The molecular formula is C14H14N4O. The standard InChI is InChI=1S/C14H14N4O/c19-12-6-4-11(5-7-12)9-15-10-14-17-16-13-3-1-2-8-18(13)14/h1-8,15,19H,9-10H2. The van der Waals surface area contributed by atoms with E-state index in [1.54, 1.807) is 12.1 Å². The zero-order valence-electron chi connectivity index (χ0n) is 10.3. The van der Waals surface area contributed by atoms with Crippen molar-refractivity contribution in [3.63, 3.8) is 0 Å². The van der Waals surface area contributed by atoms with Crippen molar-refractivity contribution in [1.29, 1.82) is 0 Å². The van der Waals surface area contributed by atoms with Gasteiger partial charge in [0.25, 0.3) is 0 Å². The van der Waals surface area contributed by atoms with Crippen LogP contribution in [0.1, 0.15) is 11.4 Å². The number of phenols is 1. The molecule has 0 spiro atoms. The van der Waals surface area contributed by atoms with Crippen LogP contribution in [-0.4, -0.2) is 19.7 Å². The molecule has 19 heavy (non-hydrogen) atoms. The van der Waals surface area contributed by atoms with Crippen LogP contribution in [0.3, 0.4) is 0 Å². The highest BCUT2D eigenvalue weighted by atomic mass is 16.3. The lowest BCUT2D eigenvalue weighted by atomic mass is 10.2. The Bertz CT molecular complexity index is 675.